The van der Waals surface area contributed by atoms with Crippen LogP contribution in [0, 0.1) is 11.3 Å². The van der Waals surface area contributed by atoms with Crippen molar-refractivity contribution in [3.05, 3.63) is 11.8 Å². The summed E-state index contributed by atoms with van der Waals surface area (Å²) in [5.74, 6) is 0.464. The van der Waals surface area contributed by atoms with Gasteiger partial charge in [-0.25, -0.2) is 4.68 Å². The van der Waals surface area contributed by atoms with Gasteiger partial charge in [0.05, 0.1) is 31.8 Å². The van der Waals surface area contributed by atoms with Crippen LogP contribution >= 0.6 is 0 Å². The first-order chi connectivity index (χ1) is 5.79. The zero-order valence-electron chi connectivity index (χ0n) is 6.56. The Kier molecular flexibility index (Phi) is 2.66. The number of aliphatic hydroxyl groups is 1. The summed E-state index contributed by atoms with van der Waals surface area (Å²) in [7, 11) is 0. The molecule has 5 nitrogen and oxygen atoms in total. The second-order valence-electron chi connectivity index (χ2n) is 2.34. The van der Waals surface area contributed by atoms with Gasteiger partial charge in [0.1, 0.15) is 5.82 Å². The standard InChI is InChI=1S/C7H10N4O/c8-2-1-6-5-10-11(3-4-12)7(6)9/h5,12H,1,3-4,9H2. The molecule has 0 aliphatic carbocycles. The molecule has 0 aromatic carbocycles. The Labute approximate surface area is 70.0 Å². The van der Waals surface area contributed by atoms with E-state index in [1.54, 1.807) is 6.20 Å². The third-order valence-electron chi connectivity index (χ3n) is 1.54. The summed E-state index contributed by atoms with van der Waals surface area (Å²) in [4.78, 5) is 0. The van der Waals surface area contributed by atoms with Crippen molar-refractivity contribution in [1.29, 1.82) is 5.26 Å². The van der Waals surface area contributed by atoms with Gasteiger partial charge < -0.3 is 10.8 Å². The van der Waals surface area contributed by atoms with Gasteiger partial charge in [-0.1, -0.05) is 0 Å². The molecule has 0 fully saturated rings. The fourth-order valence-corrected chi connectivity index (χ4v) is 0.928. The molecule has 0 radical (unpaired) electrons. The molecule has 0 bridgehead atoms. The van der Waals surface area contributed by atoms with E-state index in [1.165, 1.54) is 4.68 Å². The average Bonchev–Trinajstić information content (AvgIpc) is 2.38. The van der Waals surface area contributed by atoms with Crippen molar-refractivity contribution in [2.24, 2.45) is 0 Å². The minimum Gasteiger partial charge on any atom is -0.394 e. The molecule has 1 aromatic heterocycles. The van der Waals surface area contributed by atoms with Crippen LogP contribution in [-0.2, 0) is 13.0 Å². The maximum Gasteiger partial charge on any atom is 0.126 e. The first kappa shape index (κ1) is 8.56. The lowest BCUT2D eigenvalue weighted by Gasteiger charge is -2.00. The van der Waals surface area contributed by atoms with Crippen LogP contribution in [0.5, 0.6) is 0 Å². The predicted molar refractivity (Wildman–Crippen MR) is 43.0 cm³/mol. The van der Waals surface area contributed by atoms with Gasteiger partial charge in [0, 0.05) is 5.56 Å². The minimum absolute atomic E-state index is 0.00211. The molecule has 0 aliphatic heterocycles. The van der Waals surface area contributed by atoms with Crippen molar-refractivity contribution in [3.8, 4) is 6.07 Å². The molecule has 0 saturated carbocycles. The molecule has 5 heteroatoms. The van der Waals surface area contributed by atoms with E-state index >= 15 is 0 Å². The normalized spacial score (nSPS) is 9.67. The predicted octanol–water partition coefficient (Wildman–Crippen LogP) is -0.476. The van der Waals surface area contributed by atoms with Gasteiger partial charge in [0.25, 0.3) is 0 Å². The third-order valence-corrected chi connectivity index (χ3v) is 1.54. The third kappa shape index (κ3) is 1.54. The number of hydrogen-bond acceptors (Lipinski definition) is 4. The van der Waals surface area contributed by atoms with Crippen molar-refractivity contribution in [1.82, 2.24) is 9.78 Å². The summed E-state index contributed by atoms with van der Waals surface area (Å²) < 4.78 is 1.48. The van der Waals surface area contributed by atoms with Crippen molar-refractivity contribution in [2.45, 2.75) is 13.0 Å². The highest BCUT2D eigenvalue weighted by Crippen LogP contribution is 2.10. The Balaban J connectivity index is 2.82. The highest BCUT2D eigenvalue weighted by atomic mass is 16.3. The maximum absolute atomic E-state index is 8.60. The van der Waals surface area contributed by atoms with Crippen LogP contribution < -0.4 is 5.73 Å². The lowest BCUT2D eigenvalue weighted by atomic mass is 10.2. The molecular weight excluding hydrogens is 156 g/mol. The van der Waals surface area contributed by atoms with Crippen LogP contribution in [0.4, 0.5) is 5.82 Å². The molecule has 0 unspecified atom stereocenters. The van der Waals surface area contributed by atoms with E-state index in [9.17, 15) is 0 Å². The minimum atomic E-state index is -0.00211. The highest BCUT2D eigenvalue weighted by Gasteiger charge is 2.05. The maximum atomic E-state index is 8.60. The van der Waals surface area contributed by atoms with E-state index in [1.807, 2.05) is 6.07 Å². The van der Waals surface area contributed by atoms with E-state index in [-0.39, 0.29) is 13.0 Å². The van der Waals surface area contributed by atoms with E-state index in [0.717, 1.165) is 0 Å². The Morgan fingerprint density at radius 2 is 2.50 bits per heavy atom. The van der Waals surface area contributed by atoms with Crippen LogP contribution in [0.3, 0.4) is 0 Å². The summed E-state index contributed by atoms with van der Waals surface area (Å²) in [6, 6.07) is 1.98. The fourth-order valence-electron chi connectivity index (χ4n) is 0.928. The van der Waals surface area contributed by atoms with E-state index in [4.69, 9.17) is 16.1 Å². The molecule has 0 atom stereocenters. The van der Waals surface area contributed by atoms with Crippen LogP contribution in [0.15, 0.2) is 6.20 Å². The molecule has 12 heavy (non-hydrogen) atoms. The summed E-state index contributed by atoms with van der Waals surface area (Å²) in [5, 5.41) is 20.9. The lowest BCUT2D eigenvalue weighted by molar-refractivity contribution is 0.270. The second-order valence-corrected chi connectivity index (χ2v) is 2.34. The number of anilines is 1. The topological polar surface area (TPSA) is 87.9 Å². The first-order valence-electron chi connectivity index (χ1n) is 3.57. The number of nitrogens with two attached hydrogens (primary N) is 1. The SMILES string of the molecule is N#CCc1cnn(CCO)c1N. The van der Waals surface area contributed by atoms with Crippen LogP contribution in [0.1, 0.15) is 5.56 Å². The number of aliphatic hydroxyl groups excluding tert-OH is 1. The largest absolute Gasteiger partial charge is 0.394 e. The van der Waals surface area contributed by atoms with Crippen molar-refractivity contribution < 1.29 is 5.11 Å². The lowest BCUT2D eigenvalue weighted by Crippen LogP contribution is -2.08. The average molecular weight is 166 g/mol. The first-order valence-corrected chi connectivity index (χ1v) is 3.57. The molecule has 1 heterocycles. The smallest absolute Gasteiger partial charge is 0.126 e. The van der Waals surface area contributed by atoms with E-state index < -0.39 is 0 Å². The molecule has 64 valence electrons. The summed E-state index contributed by atoms with van der Waals surface area (Å²) in [6.45, 7) is 0.370. The Morgan fingerprint density at radius 1 is 1.75 bits per heavy atom. The number of nitrogen functional groups attached to an aromatic ring is 1. The van der Waals surface area contributed by atoms with Crippen LogP contribution in [0.2, 0.25) is 0 Å². The second kappa shape index (κ2) is 3.74. The van der Waals surface area contributed by atoms with Crippen LogP contribution in [-0.4, -0.2) is 21.5 Å². The monoisotopic (exact) mass is 166 g/mol. The number of rotatable bonds is 3. The molecule has 0 spiro atoms. The van der Waals surface area contributed by atoms with Gasteiger partial charge in [-0.2, -0.15) is 10.4 Å². The van der Waals surface area contributed by atoms with Gasteiger partial charge in [-0.05, 0) is 0 Å². The highest BCUT2D eigenvalue weighted by molar-refractivity contribution is 5.40. The van der Waals surface area contributed by atoms with E-state index in [2.05, 4.69) is 5.10 Å². The van der Waals surface area contributed by atoms with Crippen molar-refractivity contribution in [3.63, 3.8) is 0 Å². The Morgan fingerprint density at radius 3 is 3.08 bits per heavy atom. The summed E-state index contributed by atoms with van der Waals surface area (Å²) >= 11 is 0. The van der Waals surface area contributed by atoms with Crippen molar-refractivity contribution in [2.75, 3.05) is 12.3 Å². The zero-order valence-corrected chi connectivity index (χ0v) is 6.56. The molecule has 1 aromatic rings. The fraction of sp³-hybridized carbons (Fsp3) is 0.429. The van der Waals surface area contributed by atoms with Gasteiger partial charge in [-0.3, -0.25) is 0 Å². The molecule has 0 saturated heterocycles. The van der Waals surface area contributed by atoms with Gasteiger partial charge in [-0.15, -0.1) is 0 Å². The Hall–Kier alpha value is -1.54. The number of nitrogens with zero attached hydrogens (tertiary/aromatic N) is 3. The molecule has 0 amide bonds. The Bertz CT molecular complexity index is 299. The zero-order chi connectivity index (χ0) is 8.97. The molecule has 0 aliphatic rings. The van der Waals surface area contributed by atoms with Crippen molar-refractivity contribution >= 4 is 5.82 Å². The number of aromatic nitrogens is 2. The molecule has 1 rings (SSSR count). The van der Waals surface area contributed by atoms with Gasteiger partial charge in [0.15, 0.2) is 0 Å². The van der Waals surface area contributed by atoms with E-state index in [0.29, 0.717) is 17.9 Å². The number of nitriles is 1. The van der Waals surface area contributed by atoms with Gasteiger partial charge >= 0.3 is 0 Å². The molecular formula is C7H10N4O. The molecule has 3 N–H and O–H groups in total. The quantitative estimate of drug-likeness (QED) is 0.635. The van der Waals surface area contributed by atoms with Crippen LogP contribution in [0.25, 0.3) is 0 Å². The summed E-state index contributed by atoms with van der Waals surface area (Å²) in [6.07, 6.45) is 1.81. The van der Waals surface area contributed by atoms with Gasteiger partial charge in [0.2, 0.25) is 0 Å². The summed E-state index contributed by atoms with van der Waals surface area (Å²) in [5.41, 5.74) is 6.33. The number of hydrogen-bond donors (Lipinski definition) is 2.